The molecule has 0 aromatic heterocycles. The van der Waals surface area contributed by atoms with E-state index in [4.69, 9.17) is 6.42 Å². The lowest BCUT2D eigenvalue weighted by molar-refractivity contribution is 0.500. The molecular weight excluding hydrogens is 200 g/mol. The zero-order valence-corrected chi connectivity index (χ0v) is 9.60. The molecule has 0 aliphatic heterocycles. The van der Waals surface area contributed by atoms with E-state index in [9.17, 15) is 8.42 Å². The van der Waals surface area contributed by atoms with Gasteiger partial charge in [0.15, 0.2) is 0 Å². The average molecular weight is 218 g/mol. The molecule has 0 saturated heterocycles. The van der Waals surface area contributed by atoms with Crippen LogP contribution in [0, 0.1) is 12.3 Å². The van der Waals surface area contributed by atoms with Gasteiger partial charge in [0.25, 0.3) is 0 Å². The van der Waals surface area contributed by atoms with Gasteiger partial charge < -0.3 is 5.32 Å². The molecule has 82 valence electrons. The summed E-state index contributed by atoms with van der Waals surface area (Å²) in [5.74, 6) is 2.40. The van der Waals surface area contributed by atoms with Gasteiger partial charge in [-0.25, -0.2) is 8.42 Å². The number of sulfonamides is 1. The first kappa shape index (κ1) is 13.4. The van der Waals surface area contributed by atoms with E-state index in [0.29, 0.717) is 6.54 Å². The third-order valence-corrected chi connectivity index (χ3v) is 3.55. The fourth-order valence-corrected chi connectivity index (χ4v) is 1.87. The summed E-state index contributed by atoms with van der Waals surface area (Å²) >= 11 is 0. The Labute approximate surface area is 86.7 Å². The Hall–Kier alpha value is -0.570. The van der Waals surface area contributed by atoms with Crippen LogP contribution in [0.1, 0.15) is 13.3 Å². The smallest absolute Gasteiger partial charge is 0.215 e. The van der Waals surface area contributed by atoms with Crippen LogP contribution in [0.3, 0.4) is 0 Å². The van der Waals surface area contributed by atoms with Crippen LogP contribution in [0.2, 0.25) is 0 Å². The second-order valence-electron chi connectivity index (χ2n) is 3.03. The first-order chi connectivity index (χ1) is 6.54. The molecule has 0 aliphatic carbocycles. The van der Waals surface area contributed by atoms with E-state index in [1.165, 1.54) is 11.4 Å². The van der Waals surface area contributed by atoms with Gasteiger partial charge in [-0.2, -0.15) is 4.31 Å². The minimum absolute atomic E-state index is 0.102. The van der Waals surface area contributed by atoms with Crippen LogP contribution in [0.25, 0.3) is 0 Å². The number of nitrogens with one attached hydrogen (secondary N) is 1. The van der Waals surface area contributed by atoms with E-state index in [1.807, 2.05) is 6.92 Å². The molecular formula is C9H18N2O2S. The molecule has 0 amide bonds. The Morgan fingerprint density at radius 2 is 2.07 bits per heavy atom. The largest absolute Gasteiger partial charge is 0.316 e. The monoisotopic (exact) mass is 218 g/mol. The highest BCUT2D eigenvalue weighted by Crippen LogP contribution is 1.95. The molecule has 0 unspecified atom stereocenters. The zero-order chi connectivity index (χ0) is 11.0. The van der Waals surface area contributed by atoms with Gasteiger partial charge >= 0.3 is 0 Å². The molecule has 4 nitrogen and oxygen atoms in total. The second-order valence-corrected chi connectivity index (χ2v) is 5.22. The highest BCUT2D eigenvalue weighted by Gasteiger charge is 2.15. The van der Waals surface area contributed by atoms with Gasteiger partial charge in [0.1, 0.15) is 0 Å². The van der Waals surface area contributed by atoms with Gasteiger partial charge in [0.2, 0.25) is 10.0 Å². The summed E-state index contributed by atoms with van der Waals surface area (Å²) in [4.78, 5) is 0. The molecule has 0 aromatic carbocycles. The summed E-state index contributed by atoms with van der Waals surface area (Å²) < 4.78 is 24.1. The fraction of sp³-hybridized carbons (Fsp3) is 0.778. The number of rotatable bonds is 7. The summed E-state index contributed by atoms with van der Waals surface area (Å²) in [6.07, 6.45) is 6.03. The molecule has 0 aromatic rings. The molecule has 0 spiro atoms. The molecule has 0 saturated carbocycles. The third-order valence-electron chi connectivity index (χ3n) is 1.75. The first-order valence-corrected chi connectivity index (χ1v) is 6.23. The summed E-state index contributed by atoms with van der Waals surface area (Å²) in [6, 6.07) is 0. The number of terminal acetylenes is 1. The van der Waals surface area contributed by atoms with Crippen molar-refractivity contribution in [2.75, 3.05) is 32.4 Å². The predicted octanol–water partition coefficient (Wildman–Crippen LogP) is -0.119. The van der Waals surface area contributed by atoms with Gasteiger partial charge in [-0.15, -0.1) is 6.42 Å². The highest BCUT2D eigenvalue weighted by molar-refractivity contribution is 7.89. The van der Waals surface area contributed by atoms with Crippen molar-refractivity contribution in [2.45, 2.75) is 13.3 Å². The van der Waals surface area contributed by atoms with E-state index in [0.717, 1.165) is 13.0 Å². The Morgan fingerprint density at radius 3 is 2.57 bits per heavy atom. The van der Waals surface area contributed by atoms with Crippen molar-refractivity contribution >= 4 is 10.0 Å². The SMILES string of the molecule is C#CCN(C)S(=O)(=O)CCNCCC. The van der Waals surface area contributed by atoms with E-state index in [2.05, 4.69) is 11.2 Å². The minimum Gasteiger partial charge on any atom is -0.316 e. The molecule has 14 heavy (non-hydrogen) atoms. The quantitative estimate of drug-likeness (QED) is 0.479. The molecule has 0 heterocycles. The molecule has 0 radical (unpaired) electrons. The molecule has 0 rings (SSSR count). The third kappa shape index (κ3) is 5.22. The first-order valence-electron chi connectivity index (χ1n) is 4.62. The van der Waals surface area contributed by atoms with Gasteiger partial charge in [-0.05, 0) is 13.0 Å². The lowest BCUT2D eigenvalue weighted by Gasteiger charge is -2.14. The lowest BCUT2D eigenvalue weighted by Crippen LogP contribution is -2.34. The number of nitrogens with zero attached hydrogens (tertiary/aromatic N) is 1. The van der Waals surface area contributed by atoms with Crippen molar-refractivity contribution in [2.24, 2.45) is 0 Å². The summed E-state index contributed by atoms with van der Waals surface area (Å²) in [5.41, 5.74) is 0. The standard InChI is InChI=1S/C9H18N2O2S/c1-4-6-10-7-9-14(12,13)11(3)8-5-2/h2,10H,4,6-9H2,1,3H3. The maximum Gasteiger partial charge on any atom is 0.215 e. The van der Waals surface area contributed by atoms with Crippen molar-refractivity contribution in [3.8, 4) is 12.3 Å². The average Bonchev–Trinajstić information content (AvgIpc) is 2.13. The van der Waals surface area contributed by atoms with Gasteiger partial charge in [0, 0.05) is 13.6 Å². The Kier molecular flexibility index (Phi) is 6.54. The number of hydrogen-bond donors (Lipinski definition) is 1. The number of hydrogen-bond acceptors (Lipinski definition) is 3. The van der Waals surface area contributed by atoms with Crippen LogP contribution in [0.5, 0.6) is 0 Å². The van der Waals surface area contributed by atoms with Crippen LogP contribution >= 0.6 is 0 Å². The summed E-state index contributed by atoms with van der Waals surface area (Å²) in [6.45, 7) is 3.49. The van der Waals surface area contributed by atoms with Crippen LogP contribution in [-0.2, 0) is 10.0 Å². The lowest BCUT2D eigenvalue weighted by atomic mass is 10.5. The molecule has 0 bridgehead atoms. The maximum atomic E-state index is 11.5. The maximum absolute atomic E-state index is 11.5. The summed E-state index contributed by atoms with van der Waals surface area (Å²) in [5, 5.41) is 3.03. The van der Waals surface area contributed by atoms with Crippen molar-refractivity contribution in [1.82, 2.24) is 9.62 Å². The normalized spacial score (nSPS) is 11.6. The molecule has 0 atom stereocenters. The van der Waals surface area contributed by atoms with Gasteiger partial charge in [0.05, 0.1) is 12.3 Å². The highest BCUT2D eigenvalue weighted by atomic mass is 32.2. The van der Waals surface area contributed by atoms with E-state index in [-0.39, 0.29) is 12.3 Å². The minimum atomic E-state index is -3.17. The topological polar surface area (TPSA) is 49.4 Å². The molecule has 0 aliphatic rings. The van der Waals surface area contributed by atoms with Crippen molar-refractivity contribution in [3.05, 3.63) is 0 Å². The summed E-state index contributed by atoms with van der Waals surface area (Å²) in [7, 11) is -1.68. The van der Waals surface area contributed by atoms with Gasteiger partial charge in [-0.3, -0.25) is 0 Å². The fourth-order valence-electron chi connectivity index (χ4n) is 0.886. The predicted molar refractivity (Wildman–Crippen MR) is 58.4 cm³/mol. The zero-order valence-electron chi connectivity index (χ0n) is 8.78. The van der Waals surface area contributed by atoms with Crippen LogP contribution < -0.4 is 5.32 Å². The van der Waals surface area contributed by atoms with E-state index in [1.54, 1.807) is 0 Å². The Morgan fingerprint density at radius 1 is 1.43 bits per heavy atom. The Bertz CT molecular complexity index is 280. The van der Waals surface area contributed by atoms with Crippen LogP contribution in [0.4, 0.5) is 0 Å². The molecule has 1 N–H and O–H groups in total. The van der Waals surface area contributed by atoms with Crippen molar-refractivity contribution in [3.63, 3.8) is 0 Å². The molecule has 0 fully saturated rings. The second kappa shape index (κ2) is 6.82. The van der Waals surface area contributed by atoms with Gasteiger partial charge in [-0.1, -0.05) is 12.8 Å². The van der Waals surface area contributed by atoms with Crippen LogP contribution in [0.15, 0.2) is 0 Å². The Balaban J connectivity index is 3.90. The molecule has 5 heteroatoms. The van der Waals surface area contributed by atoms with Crippen molar-refractivity contribution in [1.29, 1.82) is 0 Å². The van der Waals surface area contributed by atoms with E-state index >= 15 is 0 Å². The van der Waals surface area contributed by atoms with Crippen molar-refractivity contribution < 1.29 is 8.42 Å². The van der Waals surface area contributed by atoms with E-state index < -0.39 is 10.0 Å². The van der Waals surface area contributed by atoms with Crippen LogP contribution in [-0.4, -0.2) is 45.2 Å².